The van der Waals surface area contributed by atoms with Gasteiger partial charge in [-0.1, -0.05) is 49.4 Å². The summed E-state index contributed by atoms with van der Waals surface area (Å²) in [6, 6.07) is 21.1. The third-order valence-electron chi connectivity index (χ3n) is 5.38. The predicted molar refractivity (Wildman–Crippen MR) is 108 cm³/mol. The molecule has 0 aliphatic carbocycles. The van der Waals surface area contributed by atoms with Crippen molar-refractivity contribution in [2.24, 2.45) is 0 Å². The topological polar surface area (TPSA) is 40.5 Å². The van der Waals surface area contributed by atoms with Gasteiger partial charge >= 0.3 is 0 Å². The zero-order chi connectivity index (χ0) is 19.7. The summed E-state index contributed by atoms with van der Waals surface area (Å²) in [7, 11) is 0. The number of nitrogens with zero attached hydrogens (tertiary/aromatic N) is 1. The number of carbonyl (C=O) groups excluding carboxylic acids is 1. The monoisotopic (exact) mass is 375 g/mol. The van der Waals surface area contributed by atoms with Gasteiger partial charge in [0.25, 0.3) is 5.91 Å². The van der Waals surface area contributed by atoms with Gasteiger partial charge in [0.05, 0.1) is 17.8 Å². The van der Waals surface area contributed by atoms with Crippen LogP contribution in [-0.2, 0) is 6.42 Å². The van der Waals surface area contributed by atoms with E-state index in [-0.39, 0.29) is 11.9 Å². The van der Waals surface area contributed by atoms with E-state index >= 15 is 0 Å². The number of hydrogen-bond acceptors (Lipinski definition) is 2. The SMILES string of the molecule is CCc1ccc(C(=O)N2c3ccc(F)cc3C(O)CC2c2ccccc2)cc1. The number of amides is 1. The van der Waals surface area contributed by atoms with E-state index < -0.39 is 11.9 Å². The Kier molecular flexibility index (Phi) is 4.97. The normalized spacial score (nSPS) is 18.6. The molecule has 0 aromatic heterocycles. The number of benzene rings is 3. The van der Waals surface area contributed by atoms with E-state index in [4.69, 9.17) is 0 Å². The fourth-order valence-electron chi connectivity index (χ4n) is 3.86. The van der Waals surface area contributed by atoms with Gasteiger partial charge in [-0.05, 0) is 47.9 Å². The summed E-state index contributed by atoms with van der Waals surface area (Å²) in [6.45, 7) is 2.07. The highest BCUT2D eigenvalue weighted by atomic mass is 19.1. The number of fused-ring (bicyclic) bond motifs is 1. The Morgan fingerprint density at radius 2 is 1.79 bits per heavy atom. The summed E-state index contributed by atoms with van der Waals surface area (Å²) in [4.78, 5) is 15.2. The Balaban J connectivity index is 1.83. The van der Waals surface area contributed by atoms with Crippen LogP contribution in [0.25, 0.3) is 0 Å². The molecule has 0 saturated carbocycles. The first-order chi connectivity index (χ1) is 13.6. The predicted octanol–water partition coefficient (Wildman–Crippen LogP) is 5.21. The van der Waals surface area contributed by atoms with E-state index in [2.05, 4.69) is 6.92 Å². The molecule has 0 spiro atoms. The van der Waals surface area contributed by atoms with Crippen molar-refractivity contribution in [3.63, 3.8) is 0 Å². The Bertz CT molecular complexity index is 985. The molecule has 4 rings (SSSR count). The van der Waals surface area contributed by atoms with Crippen molar-refractivity contribution in [1.82, 2.24) is 0 Å². The van der Waals surface area contributed by atoms with Crippen LogP contribution in [-0.4, -0.2) is 11.0 Å². The number of anilines is 1. The lowest BCUT2D eigenvalue weighted by Crippen LogP contribution is -2.39. The molecule has 3 aromatic rings. The molecule has 4 heteroatoms. The summed E-state index contributed by atoms with van der Waals surface area (Å²) in [6.07, 6.45) is 0.390. The first-order valence-electron chi connectivity index (χ1n) is 9.53. The zero-order valence-electron chi connectivity index (χ0n) is 15.7. The third kappa shape index (κ3) is 3.32. The third-order valence-corrected chi connectivity index (χ3v) is 5.38. The highest BCUT2D eigenvalue weighted by molar-refractivity contribution is 6.07. The lowest BCUT2D eigenvalue weighted by atomic mass is 9.88. The van der Waals surface area contributed by atoms with E-state index in [1.54, 1.807) is 11.0 Å². The van der Waals surface area contributed by atoms with Crippen LogP contribution >= 0.6 is 0 Å². The first kappa shape index (κ1) is 18.4. The summed E-state index contributed by atoms with van der Waals surface area (Å²) in [5.41, 5.74) is 3.68. The van der Waals surface area contributed by atoms with Crippen LogP contribution in [0.1, 0.15) is 52.5 Å². The fraction of sp³-hybridized carbons (Fsp3) is 0.208. The van der Waals surface area contributed by atoms with Crippen LogP contribution in [0.15, 0.2) is 72.8 Å². The highest BCUT2D eigenvalue weighted by Crippen LogP contribution is 2.44. The Hall–Kier alpha value is -2.98. The van der Waals surface area contributed by atoms with E-state index in [0.29, 0.717) is 23.2 Å². The van der Waals surface area contributed by atoms with Gasteiger partial charge in [-0.15, -0.1) is 0 Å². The van der Waals surface area contributed by atoms with E-state index in [1.807, 2.05) is 54.6 Å². The lowest BCUT2D eigenvalue weighted by molar-refractivity contribution is 0.0942. The van der Waals surface area contributed by atoms with E-state index in [9.17, 15) is 14.3 Å². The molecule has 1 amide bonds. The largest absolute Gasteiger partial charge is 0.388 e. The molecule has 2 unspecified atom stereocenters. The molecule has 0 bridgehead atoms. The van der Waals surface area contributed by atoms with Crippen molar-refractivity contribution >= 4 is 11.6 Å². The molecule has 0 radical (unpaired) electrons. The summed E-state index contributed by atoms with van der Waals surface area (Å²) >= 11 is 0. The second kappa shape index (κ2) is 7.56. The van der Waals surface area contributed by atoms with Gasteiger partial charge < -0.3 is 10.0 Å². The van der Waals surface area contributed by atoms with Crippen molar-refractivity contribution in [2.45, 2.75) is 31.9 Å². The number of aryl methyl sites for hydroxylation is 1. The molecule has 3 aromatic carbocycles. The lowest BCUT2D eigenvalue weighted by Gasteiger charge is -2.39. The van der Waals surface area contributed by atoms with E-state index in [0.717, 1.165) is 17.5 Å². The second-order valence-electron chi connectivity index (χ2n) is 7.11. The van der Waals surface area contributed by atoms with Gasteiger partial charge in [-0.2, -0.15) is 0 Å². The maximum Gasteiger partial charge on any atom is 0.258 e. The standard InChI is InChI=1S/C24H22FNO2/c1-2-16-8-10-18(11-9-16)24(28)26-21-13-12-19(25)14-20(21)23(27)15-22(26)17-6-4-3-5-7-17/h3-14,22-23,27H,2,15H2,1H3. The summed E-state index contributed by atoms with van der Waals surface area (Å²) < 4.78 is 13.8. The minimum absolute atomic E-state index is 0.156. The molecule has 0 saturated heterocycles. The Morgan fingerprint density at radius 1 is 1.07 bits per heavy atom. The number of hydrogen-bond donors (Lipinski definition) is 1. The fourth-order valence-corrected chi connectivity index (χ4v) is 3.86. The minimum Gasteiger partial charge on any atom is -0.388 e. The number of aliphatic hydroxyl groups excluding tert-OH is 1. The first-order valence-corrected chi connectivity index (χ1v) is 9.53. The van der Waals surface area contributed by atoms with Gasteiger partial charge in [-0.3, -0.25) is 4.79 Å². The van der Waals surface area contributed by atoms with Gasteiger partial charge in [0.15, 0.2) is 0 Å². The molecule has 1 N–H and O–H groups in total. The molecule has 1 heterocycles. The van der Waals surface area contributed by atoms with Gasteiger partial charge in [0.1, 0.15) is 5.82 Å². The van der Waals surface area contributed by atoms with Crippen molar-refractivity contribution < 1.29 is 14.3 Å². The Labute approximate surface area is 164 Å². The van der Waals surface area contributed by atoms with Crippen LogP contribution in [0.5, 0.6) is 0 Å². The maximum atomic E-state index is 13.8. The number of carbonyl (C=O) groups is 1. The van der Waals surface area contributed by atoms with Gasteiger partial charge in [0.2, 0.25) is 0 Å². The highest BCUT2D eigenvalue weighted by Gasteiger charge is 2.36. The summed E-state index contributed by atoms with van der Waals surface area (Å²) in [5, 5.41) is 10.7. The van der Waals surface area contributed by atoms with Crippen molar-refractivity contribution in [3.8, 4) is 0 Å². The van der Waals surface area contributed by atoms with Crippen LogP contribution in [0, 0.1) is 5.82 Å². The molecular formula is C24H22FNO2. The van der Waals surface area contributed by atoms with Crippen LogP contribution < -0.4 is 4.90 Å². The minimum atomic E-state index is -0.831. The van der Waals surface area contributed by atoms with Crippen LogP contribution in [0.4, 0.5) is 10.1 Å². The van der Waals surface area contributed by atoms with E-state index in [1.165, 1.54) is 12.1 Å². The molecule has 2 atom stereocenters. The molecule has 1 aliphatic rings. The molecule has 1 aliphatic heterocycles. The quantitative estimate of drug-likeness (QED) is 0.682. The maximum absolute atomic E-state index is 13.8. The number of rotatable bonds is 3. The second-order valence-corrected chi connectivity index (χ2v) is 7.11. The number of aliphatic hydroxyl groups is 1. The molecule has 3 nitrogen and oxygen atoms in total. The van der Waals surface area contributed by atoms with Gasteiger partial charge in [-0.25, -0.2) is 4.39 Å². The van der Waals surface area contributed by atoms with Crippen molar-refractivity contribution in [1.29, 1.82) is 0 Å². The van der Waals surface area contributed by atoms with Crippen LogP contribution in [0.2, 0.25) is 0 Å². The van der Waals surface area contributed by atoms with Gasteiger partial charge in [0, 0.05) is 17.5 Å². The Morgan fingerprint density at radius 3 is 2.46 bits per heavy atom. The molecule has 28 heavy (non-hydrogen) atoms. The number of halogens is 1. The average Bonchev–Trinajstić information content (AvgIpc) is 2.74. The molecule has 0 fully saturated rings. The average molecular weight is 375 g/mol. The summed E-state index contributed by atoms with van der Waals surface area (Å²) in [5.74, 6) is -0.577. The smallest absolute Gasteiger partial charge is 0.258 e. The molecular weight excluding hydrogens is 353 g/mol. The van der Waals surface area contributed by atoms with Crippen LogP contribution in [0.3, 0.4) is 0 Å². The van der Waals surface area contributed by atoms with Crippen molar-refractivity contribution in [3.05, 3.63) is 101 Å². The zero-order valence-corrected chi connectivity index (χ0v) is 15.7. The van der Waals surface area contributed by atoms with Crippen molar-refractivity contribution in [2.75, 3.05) is 4.90 Å². The molecule has 142 valence electrons.